The van der Waals surface area contributed by atoms with Gasteiger partial charge in [0.05, 0.1) is 25.0 Å². The number of aliphatic hydroxyl groups excluding tert-OH is 1. The predicted octanol–water partition coefficient (Wildman–Crippen LogP) is 2.92. The third-order valence-electron chi connectivity index (χ3n) is 4.65. The second kappa shape index (κ2) is 7.58. The Hall–Kier alpha value is -1.86. The van der Waals surface area contributed by atoms with Gasteiger partial charge >= 0.3 is 0 Å². The van der Waals surface area contributed by atoms with E-state index in [-0.39, 0.29) is 11.9 Å². The molecule has 1 aliphatic heterocycles. The monoisotopic (exact) mass is 407 g/mol. The van der Waals surface area contributed by atoms with Crippen molar-refractivity contribution in [2.24, 2.45) is 7.05 Å². The molecule has 134 valence electrons. The number of aryl methyl sites for hydroxylation is 1. The molecule has 1 fully saturated rings. The van der Waals surface area contributed by atoms with Gasteiger partial charge in [0.1, 0.15) is 5.75 Å². The molecule has 3 rings (SSSR count). The van der Waals surface area contributed by atoms with Crippen LogP contribution in [0.4, 0.5) is 0 Å². The largest absolute Gasteiger partial charge is 0.497 e. The SMILES string of the molecule is COc1ccc(Br)c(C(=O)N2CCC[C@@H]2C[C@@H](O)c2cnn(C)c2)c1. The van der Waals surface area contributed by atoms with Crippen LogP contribution in [0, 0.1) is 0 Å². The highest BCUT2D eigenvalue weighted by Gasteiger charge is 2.32. The van der Waals surface area contributed by atoms with Gasteiger partial charge in [-0.2, -0.15) is 5.10 Å². The van der Waals surface area contributed by atoms with Gasteiger partial charge in [-0.25, -0.2) is 0 Å². The highest BCUT2D eigenvalue weighted by Crippen LogP contribution is 2.31. The van der Waals surface area contributed by atoms with Gasteiger partial charge in [-0.3, -0.25) is 9.48 Å². The van der Waals surface area contributed by atoms with E-state index in [9.17, 15) is 9.90 Å². The fourth-order valence-corrected chi connectivity index (χ4v) is 3.72. The lowest BCUT2D eigenvalue weighted by atomic mass is 10.0. The molecular formula is C18H22BrN3O3. The number of likely N-dealkylation sites (tertiary alicyclic amines) is 1. The van der Waals surface area contributed by atoms with Gasteiger partial charge in [0.15, 0.2) is 0 Å². The molecule has 2 aromatic rings. The van der Waals surface area contributed by atoms with Crippen LogP contribution in [0.25, 0.3) is 0 Å². The van der Waals surface area contributed by atoms with Crippen LogP contribution in [-0.2, 0) is 7.05 Å². The molecule has 1 amide bonds. The molecule has 0 unspecified atom stereocenters. The summed E-state index contributed by atoms with van der Waals surface area (Å²) in [5.41, 5.74) is 1.37. The van der Waals surface area contributed by atoms with Gasteiger partial charge in [-0.1, -0.05) is 0 Å². The summed E-state index contributed by atoms with van der Waals surface area (Å²) in [6.45, 7) is 0.701. The fraction of sp³-hybridized carbons (Fsp3) is 0.444. The molecule has 25 heavy (non-hydrogen) atoms. The zero-order valence-corrected chi connectivity index (χ0v) is 15.9. The van der Waals surface area contributed by atoms with Crippen LogP contribution in [0.1, 0.15) is 41.3 Å². The third-order valence-corrected chi connectivity index (χ3v) is 5.34. The smallest absolute Gasteiger partial charge is 0.255 e. The summed E-state index contributed by atoms with van der Waals surface area (Å²) in [6.07, 6.45) is 5.21. The number of benzene rings is 1. The summed E-state index contributed by atoms with van der Waals surface area (Å²) in [5, 5.41) is 14.6. The molecule has 0 bridgehead atoms. The lowest BCUT2D eigenvalue weighted by Crippen LogP contribution is -2.36. The van der Waals surface area contributed by atoms with E-state index in [0.717, 1.165) is 22.9 Å². The number of hydrogen-bond donors (Lipinski definition) is 1. The van der Waals surface area contributed by atoms with Crippen molar-refractivity contribution in [3.8, 4) is 5.75 Å². The van der Waals surface area contributed by atoms with Crippen molar-refractivity contribution in [1.29, 1.82) is 0 Å². The Morgan fingerprint density at radius 2 is 2.32 bits per heavy atom. The van der Waals surface area contributed by atoms with Crippen LogP contribution < -0.4 is 4.74 Å². The zero-order chi connectivity index (χ0) is 18.0. The normalized spacial score (nSPS) is 18.4. The number of methoxy groups -OCH3 is 1. The molecule has 0 saturated carbocycles. The highest BCUT2D eigenvalue weighted by atomic mass is 79.9. The van der Waals surface area contributed by atoms with Gasteiger partial charge in [0.25, 0.3) is 5.91 Å². The number of carbonyl (C=O) groups excluding carboxylic acids is 1. The van der Waals surface area contributed by atoms with Gasteiger partial charge < -0.3 is 14.7 Å². The van der Waals surface area contributed by atoms with Gasteiger partial charge in [0.2, 0.25) is 0 Å². The number of halogens is 1. The summed E-state index contributed by atoms with van der Waals surface area (Å²) in [6, 6.07) is 5.40. The van der Waals surface area contributed by atoms with E-state index in [0.29, 0.717) is 24.3 Å². The molecule has 0 aliphatic carbocycles. The summed E-state index contributed by atoms with van der Waals surface area (Å²) in [4.78, 5) is 14.9. The van der Waals surface area contributed by atoms with E-state index in [2.05, 4.69) is 21.0 Å². The Labute approximate surface area is 155 Å². The minimum Gasteiger partial charge on any atom is -0.497 e. The number of aliphatic hydroxyl groups is 1. The zero-order valence-electron chi connectivity index (χ0n) is 14.4. The molecule has 1 N–H and O–H groups in total. The fourth-order valence-electron chi connectivity index (χ4n) is 3.30. The van der Waals surface area contributed by atoms with E-state index < -0.39 is 6.10 Å². The lowest BCUT2D eigenvalue weighted by Gasteiger charge is -2.27. The van der Waals surface area contributed by atoms with E-state index in [1.807, 2.05) is 30.3 Å². The van der Waals surface area contributed by atoms with Gasteiger partial charge in [0, 0.05) is 35.9 Å². The van der Waals surface area contributed by atoms with Gasteiger partial charge in [-0.15, -0.1) is 0 Å². The molecule has 1 aromatic carbocycles. The first-order valence-electron chi connectivity index (χ1n) is 8.30. The number of ether oxygens (including phenoxy) is 1. The van der Waals surface area contributed by atoms with Crippen molar-refractivity contribution >= 4 is 21.8 Å². The minimum absolute atomic E-state index is 0.0146. The molecule has 7 heteroatoms. The first kappa shape index (κ1) is 17.9. The summed E-state index contributed by atoms with van der Waals surface area (Å²) in [7, 11) is 3.41. The topological polar surface area (TPSA) is 67.6 Å². The molecule has 1 saturated heterocycles. The molecule has 1 aliphatic rings. The first-order chi connectivity index (χ1) is 12.0. The van der Waals surface area contributed by atoms with Gasteiger partial charge in [-0.05, 0) is 53.4 Å². The number of aromatic nitrogens is 2. The van der Waals surface area contributed by atoms with E-state index in [1.165, 1.54) is 0 Å². The summed E-state index contributed by atoms with van der Waals surface area (Å²) < 4.78 is 7.65. The maximum atomic E-state index is 13.0. The Bertz CT molecular complexity index is 762. The van der Waals surface area contributed by atoms with Crippen molar-refractivity contribution in [2.75, 3.05) is 13.7 Å². The second-order valence-electron chi connectivity index (χ2n) is 6.34. The van der Waals surface area contributed by atoms with Crippen LogP contribution in [0.3, 0.4) is 0 Å². The van der Waals surface area contributed by atoms with Crippen molar-refractivity contribution < 1.29 is 14.6 Å². The van der Waals surface area contributed by atoms with Crippen molar-refractivity contribution in [1.82, 2.24) is 14.7 Å². The van der Waals surface area contributed by atoms with Crippen molar-refractivity contribution in [3.63, 3.8) is 0 Å². The van der Waals surface area contributed by atoms with Crippen molar-refractivity contribution in [3.05, 3.63) is 46.2 Å². The number of amides is 1. The summed E-state index contributed by atoms with van der Waals surface area (Å²) in [5.74, 6) is 0.615. The molecular weight excluding hydrogens is 386 g/mol. The lowest BCUT2D eigenvalue weighted by molar-refractivity contribution is 0.0665. The Morgan fingerprint density at radius 3 is 3.00 bits per heavy atom. The average Bonchev–Trinajstić information content (AvgIpc) is 3.23. The molecule has 2 heterocycles. The Balaban J connectivity index is 1.76. The second-order valence-corrected chi connectivity index (χ2v) is 7.19. The third kappa shape index (κ3) is 3.88. The van der Waals surface area contributed by atoms with Crippen LogP contribution in [0.2, 0.25) is 0 Å². The van der Waals surface area contributed by atoms with Crippen LogP contribution in [-0.4, -0.2) is 45.4 Å². The molecule has 1 aromatic heterocycles. The number of carbonyl (C=O) groups is 1. The van der Waals surface area contributed by atoms with E-state index >= 15 is 0 Å². The predicted molar refractivity (Wildman–Crippen MR) is 97.5 cm³/mol. The molecule has 0 spiro atoms. The first-order valence-corrected chi connectivity index (χ1v) is 9.10. The van der Waals surface area contributed by atoms with Crippen LogP contribution in [0.15, 0.2) is 35.1 Å². The maximum Gasteiger partial charge on any atom is 0.255 e. The molecule has 0 radical (unpaired) electrons. The number of hydrogen-bond acceptors (Lipinski definition) is 4. The van der Waals surface area contributed by atoms with Crippen molar-refractivity contribution in [2.45, 2.75) is 31.4 Å². The van der Waals surface area contributed by atoms with Crippen LogP contribution in [0.5, 0.6) is 5.75 Å². The number of rotatable bonds is 5. The van der Waals surface area contributed by atoms with Crippen LogP contribution >= 0.6 is 15.9 Å². The standard InChI is InChI=1S/C18H22BrN3O3/c1-21-11-12(10-20-21)17(23)8-13-4-3-7-22(13)18(24)15-9-14(25-2)5-6-16(15)19/h5-6,9-11,13,17,23H,3-4,7-8H2,1-2H3/t13-,17-/m1/s1. The minimum atomic E-state index is -0.624. The maximum absolute atomic E-state index is 13.0. The van der Waals surface area contributed by atoms with E-state index in [1.54, 1.807) is 24.1 Å². The number of nitrogens with zero attached hydrogens (tertiary/aromatic N) is 3. The quantitative estimate of drug-likeness (QED) is 0.826. The van der Waals surface area contributed by atoms with E-state index in [4.69, 9.17) is 4.74 Å². The highest BCUT2D eigenvalue weighted by molar-refractivity contribution is 9.10. The Kier molecular flexibility index (Phi) is 5.44. The Morgan fingerprint density at radius 1 is 1.52 bits per heavy atom. The molecule has 6 nitrogen and oxygen atoms in total. The average molecular weight is 408 g/mol. The molecule has 2 atom stereocenters. The summed E-state index contributed by atoms with van der Waals surface area (Å²) >= 11 is 3.45.